The molecule has 18 heteroatoms. The zero-order valence-electron chi connectivity index (χ0n) is 27.3. The summed E-state index contributed by atoms with van der Waals surface area (Å²) in [5.74, 6) is -5.08. The summed E-state index contributed by atoms with van der Waals surface area (Å²) in [6.45, 7) is 0. The standard InChI is InChI=1S/C36H26N4O12S2/c41-31-25(15-13-19-5-3-11-27(29(19)31)53(47,48)49)39-33(43)21-7-1-9-23(17-21)37-35(45)36(46)38-24-10-2-8-22(18-24)34(44)40-26-16-14-20-6-4-12-28(54(50,51)52)30(20)32(26)42/h1-18,41-42H,(H,37,45)(H,38,46)(H,39,43)(H,40,44)(H,47,48,49)(H,50,51,52). The minimum absolute atomic E-state index is 0.0267. The van der Waals surface area contributed by atoms with Gasteiger partial charge in [-0.15, -0.1) is 0 Å². The number of fused-ring (bicyclic) bond motifs is 2. The summed E-state index contributed by atoms with van der Waals surface area (Å²) in [4.78, 5) is 50.6. The smallest absolute Gasteiger partial charge is 0.314 e. The number of hydrogen-bond donors (Lipinski definition) is 8. The second-order valence-corrected chi connectivity index (χ2v) is 14.3. The Morgan fingerprint density at radius 2 is 0.833 bits per heavy atom. The lowest BCUT2D eigenvalue weighted by atomic mass is 10.1. The van der Waals surface area contributed by atoms with Gasteiger partial charge in [-0.3, -0.25) is 28.3 Å². The lowest BCUT2D eigenvalue weighted by molar-refractivity contribution is -0.132. The Hall–Kier alpha value is -6.86. The van der Waals surface area contributed by atoms with Gasteiger partial charge in [0.25, 0.3) is 32.1 Å². The van der Waals surface area contributed by atoms with Crippen molar-refractivity contribution in [2.24, 2.45) is 0 Å². The number of amides is 4. The van der Waals surface area contributed by atoms with E-state index in [2.05, 4.69) is 21.3 Å². The number of carbonyl (C=O) groups is 4. The summed E-state index contributed by atoms with van der Waals surface area (Å²) in [6.07, 6.45) is 0. The van der Waals surface area contributed by atoms with Gasteiger partial charge in [0.15, 0.2) is 0 Å². The molecule has 0 heterocycles. The van der Waals surface area contributed by atoms with Crippen molar-refractivity contribution < 1.29 is 55.3 Å². The van der Waals surface area contributed by atoms with Gasteiger partial charge in [-0.1, -0.05) is 48.5 Å². The number of carbonyl (C=O) groups excluding carboxylic acids is 4. The van der Waals surface area contributed by atoms with Crippen LogP contribution < -0.4 is 21.3 Å². The molecule has 6 rings (SSSR count). The van der Waals surface area contributed by atoms with E-state index in [-0.39, 0.29) is 55.4 Å². The molecule has 54 heavy (non-hydrogen) atoms. The van der Waals surface area contributed by atoms with Crippen molar-refractivity contribution in [1.29, 1.82) is 0 Å². The average Bonchev–Trinajstić information content (AvgIpc) is 3.13. The third-order valence-corrected chi connectivity index (χ3v) is 9.78. The molecule has 0 atom stereocenters. The molecular formula is C36H26N4O12S2. The van der Waals surface area contributed by atoms with Crippen LogP contribution in [0.2, 0.25) is 0 Å². The fourth-order valence-corrected chi connectivity index (χ4v) is 6.97. The number of benzene rings is 6. The van der Waals surface area contributed by atoms with Gasteiger partial charge in [0.2, 0.25) is 0 Å². The molecule has 0 aromatic heterocycles. The zero-order chi connectivity index (χ0) is 38.9. The number of phenols is 2. The van der Waals surface area contributed by atoms with Crippen molar-refractivity contribution in [2.75, 3.05) is 21.3 Å². The topological polar surface area (TPSA) is 266 Å². The SMILES string of the molecule is O=C(Nc1cccc(C(=O)Nc2ccc3cccc(S(=O)(=O)O)c3c2O)c1)C(=O)Nc1cccc(C(=O)Nc2ccc3cccc(S(=O)(=O)O)c3c2O)c1. The second kappa shape index (κ2) is 14.3. The molecule has 0 aliphatic heterocycles. The van der Waals surface area contributed by atoms with Gasteiger partial charge in [-0.05, 0) is 71.4 Å². The number of phenolic OH excluding ortho intramolecular Hbond substituents is 2. The quantitative estimate of drug-likeness (QED) is 0.0579. The molecule has 0 bridgehead atoms. The van der Waals surface area contributed by atoms with Gasteiger partial charge in [0.1, 0.15) is 21.3 Å². The van der Waals surface area contributed by atoms with E-state index in [9.17, 15) is 55.3 Å². The van der Waals surface area contributed by atoms with E-state index in [1.54, 1.807) is 0 Å². The minimum Gasteiger partial charge on any atom is -0.505 e. The molecule has 6 aromatic rings. The molecule has 0 aliphatic carbocycles. The molecule has 4 amide bonds. The first-order chi connectivity index (χ1) is 25.5. The fraction of sp³-hybridized carbons (Fsp3) is 0. The summed E-state index contributed by atoms with van der Waals surface area (Å²) < 4.78 is 66.6. The first kappa shape index (κ1) is 36.9. The van der Waals surface area contributed by atoms with Crippen LogP contribution in [0.25, 0.3) is 21.5 Å². The molecule has 8 N–H and O–H groups in total. The van der Waals surface area contributed by atoms with Gasteiger partial charge in [0, 0.05) is 33.3 Å². The van der Waals surface area contributed by atoms with Crippen LogP contribution in [-0.4, -0.2) is 59.8 Å². The predicted octanol–water partition coefficient (Wildman–Crippen LogP) is 4.98. The van der Waals surface area contributed by atoms with Gasteiger partial charge in [-0.25, -0.2) is 0 Å². The van der Waals surface area contributed by atoms with Crippen molar-refractivity contribution in [2.45, 2.75) is 9.79 Å². The number of anilines is 4. The van der Waals surface area contributed by atoms with Gasteiger partial charge in [0.05, 0.1) is 11.4 Å². The number of rotatable bonds is 8. The average molecular weight is 771 g/mol. The van der Waals surface area contributed by atoms with E-state index in [1.165, 1.54) is 97.1 Å². The Morgan fingerprint density at radius 1 is 0.463 bits per heavy atom. The molecule has 0 saturated carbocycles. The molecule has 6 aromatic carbocycles. The Labute approximate surface area is 305 Å². The van der Waals surface area contributed by atoms with Crippen LogP contribution in [-0.2, 0) is 29.8 Å². The largest absolute Gasteiger partial charge is 0.505 e. The summed E-state index contributed by atoms with van der Waals surface area (Å²) in [6, 6.07) is 24.2. The molecule has 16 nitrogen and oxygen atoms in total. The summed E-state index contributed by atoms with van der Waals surface area (Å²) in [5, 5.41) is 31.3. The number of nitrogens with one attached hydrogen (secondary N) is 4. The highest BCUT2D eigenvalue weighted by atomic mass is 32.2. The lowest BCUT2D eigenvalue weighted by Gasteiger charge is -2.13. The van der Waals surface area contributed by atoms with Gasteiger partial charge < -0.3 is 31.5 Å². The zero-order valence-corrected chi connectivity index (χ0v) is 28.9. The molecule has 0 radical (unpaired) electrons. The second-order valence-electron chi connectivity index (χ2n) is 11.6. The van der Waals surface area contributed by atoms with E-state index in [0.29, 0.717) is 0 Å². The molecule has 274 valence electrons. The molecule has 0 fully saturated rings. The maximum atomic E-state index is 13.1. The van der Waals surface area contributed by atoms with Gasteiger partial charge in [-0.2, -0.15) is 16.8 Å². The van der Waals surface area contributed by atoms with Gasteiger partial charge >= 0.3 is 11.8 Å². The van der Waals surface area contributed by atoms with Crippen LogP contribution in [0, 0.1) is 0 Å². The Morgan fingerprint density at radius 3 is 1.20 bits per heavy atom. The van der Waals surface area contributed by atoms with Crippen molar-refractivity contribution in [3.63, 3.8) is 0 Å². The highest BCUT2D eigenvalue weighted by Crippen LogP contribution is 2.38. The highest BCUT2D eigenvalue weighted by Gasteiger charge is 2.22. The minimum atomic E-state index is -4.72. The summed E-state index contributed by atoms with van der Waals surface area (Å²) in [7, 11) is -9.44. The summed E-state index contributed by atoms with van der Waals surface area (Å²) in [5.41, 5.74) is -0.344. The van der Waals surface area contributed by atoms with Crippen LogP contribution in [0.15, 0.2) is 119 Å². The highest BCUT2D eigenvalue weighted by molar-refractivity contribution is 7.86. The monoisotopic (exact) mass is 770 g/mol. The maximum Gasteiger partial charge on any atom is 0.314 e. The van der Waals surface area contributed by atoms with Crippen LogP contribution in [0.4, 0.5) is 22.7 Å². The Bertz CT molecular complexity index is 2600. The maximum absolute atomic E-state index is 13.1. The normalized spacial score (nSPS) is 11.5. The fourth-order valence-electron chi connectivity index (χ4n) is 5.53. The Kier molecular flexibility index (Phi) is 9.76. The number of hydrogen-bond acceptors (Lipinski definition) is 10. The van der Waals surface area contributed by atoms with E-state index in [0.717, 1.165) is 12.1 Å². The van der Waals surface area contributed by atoms with E-state index in [1.807, 2.05) is 0 Å². The van der Waals surface area contributed by atoms with Crippen LogP contribution in [0.1, 0.15) is 20.7 Å². The van der Waals surface area contributed by atoms with Crippen LogP contribution in [0.3, 0.4) is 0 Å². The Balaban J connectivity index is 1.12. The molecule has 0 unspecified atom stereocenters. The van der Waals surface area contributed by atoms with Crippen molar-refractivity contribution in [1.82, 2.24) is 0 Å². The van der Waals surface area contributed by atoms with Crippen molar-refractivity contribution in [3.8, 4) is 11.5 Å². The third-order valence-electron chi connectivity index (χ3n) is 7.98. The third kappa shape index (κ3) is 7.66. The molecule has 0 aliphatic rings. The van der Waals surface area contributed by atoms with E-state index < -0.39 is 65.2 Å². The van der Waals surface area contributed by atoms with E-state index >= 15 is 0 Å². The van der Waals surface area contributed by atoms with E-state index in [4.69, 9.17) is 0 Å². The van der Waals surface area contributed by atoms with Crippen molar-refractivity contribution >= 4 is 88.2 Å². The van der Waals surface area contributed by atoms with Crippen LogP contribution >= 0.6 is 0 Å². The van der Waals surface area contributed by atoms with Crippen molar-refractivity contribution in [3.05, 3.63) is 120 Å². The molecular weight excluding hydrogens is 745 g/mol. The summed E-state index contributed by atoms with van der Waals surface area (Å²) >= 11 is 0. The lowest BCUT2D eigenvalue weighted by Crippen LogP contribution is -2.29. The first-order valence-electron chi connectivity index (χ1n) is 15.4. The molecule has 0 spiro atoms. The predicted molar refractivity (Wildman–Crippen MR) is 197 cm³/mol. The molecule has 0 saturated heterocycles. The van der Waals surface area contributed by atoms with Crippen LogP contribution in [0.5, 0.6) is 11.5 Å². The number of aromatic hydroxyl groups is 2. The first-order valence-corrected chi connectivity index (χ1v) is 18.3.